The van der Waals surface area contributed by atoms with Gasteiger partial charge in [0, 0.05) is 0 Å². The molecule has 0 aromatic heterocycles. The van der Waals surface area contributed by atoms with Crippen molar-refractivity contribution in [3.05, 3.63) is 65.7 Å². The molecule has 0 saturated heterocycles. The van der Waals surface area contributed by atoms with E-state index in [4.69, 9.17) is 4.74 Å². The number of aryl methyl sites for hydroxylation is 1. The highest BCUT2D eigenvalue weighted by atomic mass is 16.6. The highest BCUT2D eigenvalue weighted by molar-refractivity contribution is 5.71. The summed E-state index contributed by atoms with van der Waals surface area (Å²) in [6, 6.07) is 17.5. The smallest absolute Gasteiger partial charge is 0.410 e. The average molecular weight is 267 g/mol. The Morgan fingerprint density at radius 2 is 1.80 bits per heavy atom. The van der Waals surface area contributed by atoms with Crippen LogP contribution in [0.5, 0.6) is 5.75 Å². The van der Waals surface area contributed by atoms with E-state index in [0.717, 1.165) is 19.3 Å². The molecule has 0 saturated carbocycles. The first-order chi connectivity index (χ1) is 9.83. The minimum atomic E-state index is -0.391. The summed E-state index contributed by atoms with van der Waals surface area (Å²) in [5.74, 6) is 0.564. The lowest BCUT2D eigenvalue weighted by atomic mass is 9.88. The van der Waals surface area contributed by atoms with Gasteiger partial charge in [-0.2, -0.15) is 0 Å². The molecule has 2 aromatic carbocycles. The molecule has 3 rings (SSSR count). The van der Waals surface area contributed by atoms with E-state index in [0.29, 0.717) is 5.75 Å². The molecule has 0 fully saturated rings. The van der Waals surface area contributed by atoms with E-state index in [-0.39, 0.29) is 6.04 Å². The molecule has 3 nitrogen and oxygen atoms in total. The largest absolute Gasteiger partial charge is 0.413 e. The standard InChI is InChI=1S/C17H17NO2/c19-17(20-14-9-2-1-3-10-14)18-16-12-6-8-13-7-4-5-11-15(13)16/h1-5,7,9-11,16H,6,8,12H2,(H,18,19). The lowest BCUT2D eigenvalue weighted by Crippen LogP contribution is -2.33. The Hall–Kier alpha value is -2.29. The van der Waals surface area contributed by atoms with Gasteiger partial charge in [-0.3, -0.25) is 0 Å². The Bertz CT molecular complexity index is 595. The quantitative estimate of drug-likeness (QED) is 0.897. The van der Waals surface area contributed by atoms with Crippen molar-refractivity contribution in [1.29, 1.82) is 0 Å². The highest BCUT2D eigenvalue weighted by Crippen LogP contribution is 2.29. The molecule has 1 aliphatic rings. The topological polar surface area (TPSA) is 38.3 Å². The van der Waals surface area contributed by atoms with Crippen molar-refractivity contribution in [2.45, 2.75) is 25.3 Å². The summed E-state index contributed by atoms with van der Waals surface area (Å²) in [5.41, 5.74) is 2.53. The minimum Gasteiger partial charge on any atom is -0.410 e. The molecule has 1 atom stereocenters. The molecule has 1 unspecified atom stereocenters. The maximum atomic E-state index is 12.0. The first-order valence-corrected chi connectivity index (χ1v) is 6.94. The second kappa shape index (κ2) is 5.78. The van der Waals surface area contributed by atoms with Crippen molar-refractivity contribution in [3.63, 3.8) is 0 Å². The molecule has 0 aliphatic heterocycles. The fraction of sp³-hybridized carbons (Fsp3) is 0.235. The van der Waals surface area contributed by atoms with E-state index in [2.05, 4.69) is 17.4 Å². The summed E-state index contributed by atoms with van der Waals surface area (Å²) in [5, 5.41) is 2.96. The van der Waals surface area contributed by atoms with Crippen molar-refractivity contribution in [3.8, 4) is 5.75 Å². The van der Waals surface area contributed by atoms with Gasteiger partial charge < -0.3 is 10.1 Å². The number of benzene rings is 2. The normalized spacial score (nSPS) is 17.1. The third-order valence-electron chi connectivity index (χ3n) is 3.62. The van der Waals surface area contributed by atoms with Gasteiger partial charge in [-0.15, -0.1) is 0 Å². The molecule has 0 radical (unpaired) electrons. The Morgan fingerprint density at radius 1 is 1.05 bits per heavy atom. The van der Waals surface area contributed by atoms with Gasteiger partial charge in [-0.25, -0.2) is 4.79 Å². The van der Waals surface area contributed by atoms with Crippen molar-refractivity contribution < 1.29 is 9.53 Å². The lowest BCUT2D eigenvalue weighted by molar-refractivity contribution is 0.194. The van der Waals surface area contributed by atoms with E-state index in [1.54, 1.807) is 12.1 Å². The minimum absolute atomic E-state index is 0.0520. The Kier molecular flexibility index (Phi) is 3.68. The number of ether oxygens (including phenoxy) is 1. The second-order valence-corrected chi connectivity index (χ2v) is 4.99. The zero-order valence-corrected chi connectivity index (χ0v) is 11.2. The molecular weight excluding hydrogens is 250 g/mol. The van der Waals surface area contributed by atoms with Gasteiger partial charge >= 0.3 is 6.09 Å². The molecule has 2 aromatic rings. The van der Waals surface area contributed by atoms with E-state index in [1.165, 1.54) is 11.1 Å². The van der Waals surface area contributed by atoms with Crippen LogP contribution >= 0.6 is 0 Å². The van der Waals surface area contributed by atoms with Crippen LogP contribution in [0.3, 0.4) is 0 Å². The Balaban J connectivity index is 1.68. The highest BCUT2D eigenvalue weighted by Gasteiger charge is 2.21. The SMILES string of the molecule is O=C(NC1CCCc2ccccc21)Oc1ccccc1. The first kappa shape index (κ1) is 12.7. The fourth-order valence-electron chi connectivity index (χ4n) is 2.67. The van der Waals surface area contributed by atoms with Crippen LogP contribution in [-0.2, 0) is 6.42 Å². The molecule has 1 amide bonds. The number of hydrogen-bond acceptors (Lipinski definition) is 2. The van der Waals surface area contributed by atoms with Gasteiger partial charge in [-0.1, -0.05) is 42.5 Å². The molecular formula is C17H17NO2. The van der Waals surface area contributed by atoms with Gasteiger partial charge in [0.05, 0.1) is 6.04 Å². The predicted octanol–water partition coefficient (Wildman–Crippen LogP) is 3.85. The van der Waals surface area contributed by atoms with E-state index in [9.17, 15) is 4.79 Å². The lowest BCUT2D eigenvalue weighted by Gasteiger charge is -2.25. The molecule has 3 heteroatoms. The number of para-hydroxylation sites is 1. The maximum Gasteiger partial charge on any atom is 0.413 e. The van der Waals surface area contributed by atoms with E-state index in [1.807, 2.05) is 30.3 Å². The van der Waals surface area contributed by atoms with Crippen LogP contribution in [0.4, 0.5) is 4.79 Å². The van der Waals surface area contributed by atoms with Gasteiger partial charge in [0.1, 0.15) is 5.75 Å². The van der Waals surface area contributed by atoms with Crippen molar-refractivity contribution in [1.82, 2.24) is 5.32 Å². The van der Waals surface area contributed by atoms with Crippen LogP contribution in [0, 0.1) is 0 Å². The number of amides is 1. The maximum absolute atomic E-state index is 12.0. The number of fused-ring (bicyclic) bond motifs is 1. The van der Waals surface area contributed by atoms with Gasteiger partial charge in [-0.05, 0) is 42.5 Å². The number of rotatable bonds is 2. The number of nitrogens with one attached hydrogen (secondary N) is 1. The van der Waals surface area contributed by atoms with E-state index >= 15 is 0 Å². The molecule has 20 heavy (non-hydrogen) atoms. The third kappa shape index (κ3) is 2.82. The number of carbonyl (C=O) groups is 1. The predicted molar refractivity (Wildman–Crippen MR) is 77.7 cm³/mol. The summed E-state index contributed by atoms with van der Waals surface area (Å²) in [7, 11) is 0. The van der Waals surface area contributed by atoms with Crippen molar-refractivity contribution >= 4 is 6.09 Å². The fourth-order valence-corrected chi connectivity index (χ4v) is 2.67. The average Bonchev–Trinajstić information content (AvgIpc) is 2.48. The molecule has 0 spiro atoms. The molecule has 0 bridgehead atoms. The van der Waals surface area contributed by atoms with Gasteiger partial charge in [0.25, 0.3) is 0 Å². The first-order valence-electron chi connectivity index (χ1n) is 6.94. The van der Waals surface area contributed by atoms with Crippen molar-refractivity contribution in [2.75, 3.05) is 0 Å². The van der Waals surface area contributed by atoms with Gasteiger partial charge in [0.15, 0.2) is 0 Å². The van der Waals surface area contributed by atoms with Gasteiger partial charge in [0.2, 0.25) is 0 Å². The van der Waals surface area contributed by atoms with Crippen LogP contribution < -0.4 is 10.1 Å². The summed E-state index contributed by atoms with van der Waals surface area (Å²) in [6.07, 6.45) is 2.74. The second-order valence-electron chi connectivity index (χ2n) is 4.99. The summed E-state index contributed by atoms with van der Waals surface area (Å²) >= 11 is 0. The Labute approximate surface area is 118 Å². The molecule has 1 aliphatic carbocycles. The van der Waals surface area contributed by atoms with Crippen LogP contribution in [-0.4, -0.2) is 6.09 Å². The molecule has 0 heterocycles. The number of hydrogen-bond donors (Lipinski definition) is 1. The third-order valence-corrected chi connectivity index (χ3v) is 3.62. The van der Waals surface area contributed by atoms with Crippen LogP contribution in [0.25, 0.3) is 0 Å². The van der Waals surface area contributed by atoms with Crippen LogP contribution in [0.15, 0.2) is 54.6 Å². The van der Waals surface area contributed by atoms with E-state index < -0.39 is 6.09 Å². The monoisotopic (exact) mass is 267 g/mol. The van der Waals surface area contributed by atoms with Crippen molar-refractivity contribution in [2.24, 2.45) is 0 Å². The zero-order valence-electron chi connectivity index (χ0n) is 11.2. The summed E-state index contributed by atoms with van der Waals surface area (Å²) in [6.45, 7) is 0. The molecule has 102 valence electrons. The number of carbonyl (C=O) groups excluding carboxylic acids is 1. The van der Waals surface area contributed by atoms with Crippen LogP contribution in [0.1, 0.15) is 30.0 Å². The zero-order chi connectivity index (χ0) is 13.8. The van der Waals surface area contributed by atoms with Crippen LogP contribution in [0.2, 0.25) is 0 Å². The summed E-state index contributed by atoms with van der Waals surface area (Å²) < 4.78 is 5.28. The summed E-state index contributed by atoms with van der Waals surface area (Å²) in [4.78, 5) is 12.0. The Morgan fingerprint density at radius 3 is 2.65 bits per heavy atom. The molecule has 1 N–H and O–H groups in total.